The van der Waals surface area contributed by atoms with Crippen LogP contribution in [0.1, 0.15) is 9.75 Å². The lowest BCUT2D eigenvalue weighted by molar-refractivity contribution is 0.415. The highest BCUT2D eigenvalue weighted by Crippen LogP contribution is 2.18. The summed E-state index contributed by atoms with van der Waals surface area (Å²) in [6.07, 6.45) is 0. The molecular formula is C13H15NOS. The van der Waals surface area contributed by atoms with Crippen LogP contribution in [0.3, 0.4) is 0 Å². The monoisotopic (exact) mass is 233 g/mol. The molecule has 2 rings (SSSR count). The Hall–Kier alpha value is -1.48. The van der Waals surface area contributed by atoms with E-state index < -0.39 is 0 Å². The Balaban J connectivity index is 1.94. The van der Waals surface area contributed by atoms with Crippen molar-refractivity contribution < 1.29 is 4.74 Å². The first-order valence-electron chi connectivity index (χ1n) is 5.21. The second-order valence-corrected chi connectivity index (χ2v) is 4.97. The first-order chi connectivity index (χ1) is 7.78. The maximum absolute atomic E-state index is 5.11. The van der Waals surface area contributed by atoms with E-state index in [1.165, 1.54) is 9.75 Å². The minimum atomic E-state index is 0.880. The number of rotatable bonds is 4. The van der Waals surface area contributed by atoms with Crippen LogP contribution >= 0.6 is 11.3 Å². The second kappa shape index (κ2) is 5.03. The highest BCUT2D eigenvalue weighted by molar-refractivity contribution is 7.11. The Morgan fingerprint density at radius 2 is 1.88 bits per heavy atom. The third kappa shape index (κ3) is 2.76. The Morgan fingerprint density at radius 1 is 1.12 bits per heavy atom. The van der Waals surface area contributed by atoms with Crippen LogP contribution in [-0.4, -0.2) is 7.11 Å². The van der Waals surface area contributed by atoms with Gasteiger partial charge in [-0.25, -0.2) is 0 Å². The van der Waals surface area contributed by atoms with E-state index in [2.05, 4.69) is 24.4 Å². The molecule has 2 aromatic rings. The highest BCUT2D eigenvalue weighted by Gasteiger charge is 1.97. The number of thiophene rings is 1. The van der Waals surface area contributed by atoms with Crippen LogP contribution in [0.15, 0.2) is 36.4 Å². The number of aryl methyl sites for hydroxylation is 1. The molecule has 1 N–H and O–H groups in total. The minimum Gasteiger partial charge on any atom is -0.497 e. The summed E-state index contributed by atoms with van der Waals surface area (Å²) in [6, 6.07) is 12.3. The lowest BCUT2D eigenvalue weighted by atomic mass is 10.3. The highest BCUT2D eigenvalue weighted by atomic mass is 32.1. The van der Waals surface area contributed by atoms with Crippen LogP contribution in [0.5, 0.6) is 5.75 Å². The van der Waals surface area contributed by atoms with Crippen molar-refractivity contribution in [3.05, 3.63) is 46.2 Å². The molecule has 1 aromatic heterocycles. The lowest BCUT2D eigenvalue weighted by Crippen LogP contribution is -1.96. The predicted octanol–water partition coefficient (Wildman–Crippen LogP) is 3.68. The van der Waals surface area contributed by atoms with Crippen LogP contribution in [0.25, 0.3) is 0 Å². The van der Waals surface area contributed by atoms with Crippen LogP contribution in [0.4, 0.5) is 5.69 Å². The van der Waals surface area contributed by atoms with E-state index in [-0.39, 0.29) is 0 Å². The SMILES string of the molecule is COc1ccc(NCc2ccc(C)s2)cc1. The van der Waals surface area contributed by atoms with Crippen molar-refractivity contribution in [2.24, 2.45) is 0 Å². The van der Waals surface area contributed by atoms with Crippen LogP contribution in [-0.2, 0) is 6.54 Å². The molecule has 0 saturated heterocycles. The summed E-state index contributed by atoms with van der Waals surface area (Å²) in [5.74, 6) is 0.887. The second-order valence-electron chi connectivity index (χ2n) is 3.59. The summed E-state index contributed by atoms with van der Waals surface area (Å²) in [5.41, 5.74) is 1.12. The molecule has 1 heterocycles. The molecule has 0 amide bonds. The molecule has 0 unspecified atom stereocenters. The molecule has 0 spiro atoms. The molecule has 0 radical (unpaired) electrons. The minimum absolute atomic E-state index is 0.880. The molecule has 0 saturated carbocycles. The number of hydrogen-bond donors (Lipinski definition) is 1. The summed E-state index contributed by atoms with van der Waals surface area (Å²) in [6.45, 7) is 3.01. The maximum atomic E-state index is 5.11. The average molecular weight is 233 g/mol. The summed E-state index contributed by atoms with van der Waals surface area (Å²) in [5, 5.41) is 3.38. The Kier molecular flexibility index (Phi) is 3.47. The van der Waals surface area contributed by atoms with Gasteiger partial charge in [0.05, 0.1) is 7.11 Å². The zero-order valence-electron chi connectivity index (χ0n) is 9.49. The molecule has 0 aliphatic carbocycles. The van der Waals surface area contributed by atoms with Crippen molar-refractivity contribution in [1.29, 1.82) is 0 Å². The van der Waals surface area contributed by atoms with E-state index in [1.54, 1.807) is 7.11 Å². The zero-order chi connectivity index (χ0) is 11.4. The number of anilines is 1. The molecule has 84 valence electrons. The van der Waals surface area contributed by atoms with Crippen LogP contribution in [0.2, 0.25) is 0 Å². The molecule has 0 fully saturated rings. The quantitative estimate of drug-likeness (QED) is 0.869. The molecule has 0 aliphatic heterocycles. The zero-order valence-corrected chi connectivity index (χ0v) is 10.3. The van der Waals surface area contributed by atoms with Crippen molar-refractivity contribution in [1.82, 2.24) is 0 Å². The van der Waals surface area contributed by atoms with E-state index in [4.69, 9.17) is 4.74 Å². The first kappa shape index (κ1) is 11.0. The van der Waals surface area contributed by atoms with E-state index in [9.17, 15) is 0 Å². The number of nitrogens with one attached hydrogen (secondary N) is 1. The molecule has 3 heteroatoms. The Labute approximate surface area is 99.9 Å². The van der Waals surface area contributed by atoms with Gasteiger partial charge in [0.2, 0.25) is 0 Å². The Bertz CT molecular complexity index is 447. The van der Waals surface area contributed by atoms with Gasteiger partial charge < -0.3 is 10.1 Å². The van der Waals surface area contributed by atoms with Crippen molar-refractivity contribution in [2.45, 2.75) is 13.5 Å². The first-order valence-corrected chi connectivity index (χ1v) is 6.03. The molecule has 16 heavy (non-hydrogen) atoms. The lowest BCUT2D eigenvalue weighted by Gasteiger charge is -2.05. The average Bonchev–Trinajstić information content (AvgIpc) is 2.73. The summed E-state index contributed by atoms with van der Waals surface area (Å²) in [4.78, 5) is 2.71. The molecule has 0 aliphatic rings. The molecule has 1 aromatic carbocycles. The van der Waals surface area contributed by atoms with Gasteiger partial charge in [-0.05, 0) is 43.3 Å². The fraction of sp³-hybridized carbons (Fsp3) is 0.231. The smallest absolute Gasteiger partial charge is 0.119 e. The van der Waals surface area contributed by atoms with Crippen LogP contribution < -0.4 is 10.1 Å². The third-order valence-corrected chi connectivity index (χ3v) is 3.35. The van der Waals surface area contributed by atoms with E-state index >= 15 is 0 Å². The van der Waals surface area contributed by atoms with Crippen molar-refractivity contribution in [3.63, 3.8) is 0 Å². The maximum Gasteiger partial charge on any atom is 0.119 e. The molecule has 0 bridgehead atoms. The molecule has 2 nitrogen and oxygen atoms in total. The fourth-order valence-corrected chi connectivity index (χ4v) is 2.31. The van der Waals surface area contributed by atoms with Gasteiger partial charge in [0.15, 0.2) is 0 Å². The van der Waals surface area contributed by atoms with Crippen molar-refractivity contribution >= 4 is 17.0 Å². The van der Waals surface area contributed by atoms with Gasteiger partial charge >= 0.3 is 0 Å². The van der Waals surface area contributed by atoms with Crippen molar-refractivity contribution in [3.8, 4) is 5.75 Å². The summed E-state index contributed by atoms with van der Waals surface area (Å²) >= 11 is 1.83. The Morgan fingerprint density at radius 3 is 2.44 bits per heavy atom. The topological polar surface area (TPSA) is 21.3 Å². The van der Waals surface area contributed by atoms with Gasteiger partial charge in [0, 0.05) is 22.0 Å². The third-order valence-electron chi connectivity index (χ3n) is 2.35. The normalized spacial score (nSPS) is 10.1. The fourth-order valence-electron chi connectivity index (χ4n) is 1.48. The van der Waals surface area contributed by atoms with E-state index in [0.717, 1.165) is 18.0 Å². The van der Waals surface area contributed by atoms with Gasteiger partial charge in [-0.3, -0.25) is 0 Å². The summed E-state index contributed by atoms with van der Waals surface area (Å²) in [7, 11) is 1.68. The number of benzene rings is 1. The van der Waals surface area contributed by atoms with E-state index in [0.29, 0.717) is 0 Å². The molecular weight excluding hydrogens is 218 g/mol. The van der Waals surface area contributed by atoms with Gasteiger partial charge in [-0.15, -0.1) is 11.3 Å². The number of methoxy groups -OCH3 is 1. The van der Waals surface area contributed by atoms with Gasteiger partial charge in [-0.1, -0.05) is 0 Å². The number of hydrogen-bond acceptors (Lipinski definition) is 3. The number of ether oxygens (including phenoxy) is 1. The standard InChI is InChI=1S/C13H15NOS/c1-10-3-8-13(16-10)9-14-11-4-6-12(15-2)7-5-11/h3-8,14H,9H2,1-2H3. The van der Waals surface area contributed by atoms with Gasteiger partial charge in [0.1, 0.15) is 5.75 Å². The predicted molar refractivity (Wildman–Crippen MR) is 69.4 cm³/mol. The van der Waals surface area contributed by atoms with Crippen LogP contribution in [0, 0.1) is 6.92 Å². The van der Waals surface area contributed by atoms with Gasteiger partial charge in [-0.2, -0.15) is 0 Å². The van der Waals surface area contributed by atoms with E-state index in [1.807, 2.05) is 35.6 Å². The van der Waals surface area contributed by atoms with Gasteiger partial charge in [0.25, 0.3) is 0 Å². The largest absolute Gasteiger partial charge is 0.497 e. The summed E-state index contributed by atoms with van der Waals surface area (Å²) < 4.78 is 5.11. The molecule has 0 atom stereocenters. The van der Waals surface area contributed by atoms with Crippen molar-refractivity contribution in [2.75, 3.05) is 12.4 Å².